The molecule has 0 unspecified atom stereocenters. The summed E-state index contributed by atoms with van der Waals surface area (Å²) in [5.41, 5.74) is -5.73. The van der Waals surface area contributed by atoms with Gasteiger partial charge in [-0.1, -0.05) is 54.2 Å². The highest BCUT2D eigenvalue weighted by Gasteiger charge is 2.72. The summed E-state index contributed by atoms with van der Waals surface area (Å²) < 4.78 is 79.3. The molecule has 9 heteroatoms. The third-order valence-corrected chi connectivity index (χ3v) is 4.90. The van der Waals surface area contributed by atoms with Crippen LogP contribution in [0, 0.1) is 0 Å². The van der Waals surface area contributed by atoms with Crippen molar-refractivity contribution in [3.05, 3.63) is 66.2 Å². The molecule has 1 aromatic heterocycles. The maximum absolute atomic E-state index is 13.2. The number of fused-ring (bicyclic) bond motifs is 1. The second-order valence-corrected chi connectivity index (χ2v) is 6.71. The first-order valence-electron chi connectivity index (χ1n) is 7.53. The number of aliphatic hydroxyl groups is 1. The predicted octanol–water partition coefficient (Wildman–Crippen LogP) is 5.70. The summed E-state index contributed by atoms with van der Waals surface area (Å²) in [6.07, 6.45) is -11.9. The Balaban J connectivity index is 2.10. The van der Waals surface area contributed by atoms with E-state index in [0.717, 1.165) is 17.5 Å². The van der Waals surface area contributed by atoms with Gasteiger partial charge in [-0.15, -0.1) is 0 Å². The Morgan fingerprint density at radius 3 is 2.00 bits per heavy atom. The van der Waals surface area contributed by atoms with Crippen molar-refractivity contribution in [3.63, 3.8) is 0 Å². The van der Waals surface area contributed by atoms with Gasteiger partial charge in [0.25, 0.3) is 5.60 Å². The molecule has 0 amide bonds. The van der Waals surface area contributed by atoms with E-state index >= 15 is 0 Å². The van der Waals surface area contributed by atoms with Crippen molar-refractivity contribution in [2.45, 2.75) is 27.9 Å². The van der Waals surface area contributed by atoms with Gasteiger partial charge in [0, 0.05) is 15.8 Å². The number of para-hydroxylation sites is 1. The van der Waals surface area contributed by atoms with Gasteiger partial charge in [-0.25, -0.2) is 4.98 Å². The van der Waals surface area contributed by atoms with Gasteiger partial charge in [0.1, 0.15) is 5.03 Å². The van der Waals surface area contributed by atoms with Gasteiger partial charge in [-0.05, 0) is 18.2 Å². The fourth-order valence-corrected chi connectivity index (χ4v) is 3.52. The van der Waals surface area contributed by atoms with E-state index in [4.69, 9.17) is 0 Å². The van der Waals surface area contributed by atoms with Crippen molar-refractivity contribution in [1.82, 2.24) is 4.98 Å². The topological polar surface area (TPSA) is 33.1 Å². The summed E-state index contributed by atoms with van der Waals surface area (Å²) in [6.45, 7) is 0. The highest BCUT2D eigenvalue weighted by atomic mass is 32.2. The average molecular weight is 403 g/mol. The van der Waals surface area contributed by atoms with Crippen LogP contribution in [0.3, 0.4) is 0 Å². The second kappa shape index (κ2) is 6.72. The van der Waals surface area contributed by atoms with Crippen LogP contribution in [-0.2, 0) is 5.60 Å². The van der Waals surface area contributed by atoms with E-state index in [2.05, 4.69) is 4.98 Å². The van der Waals surface area contributed by atoms with Gasteiger partial charge in [-0.2, -0.15) is 26.3 Å². The summed E-state index contributed by atoms with van der Waals surface area (Å²) in [5.74, 6) is 0. The zero-order valence-corrected chi connectivity index (χ0v) is 14.2. The molecule has 3 rings (SSSR count). The molecule has 0 aliphatic heterocycles. The molecule has 0 saturated carbocycles. The summed E-state index contributed by atoms with van der Waals surface area (Å²) in [4.78, 5) is 3.85. The first-order chi connectivity index (χ1) is 12.5. The van der Waals surface area contributed by atoms with Crippen molar-refractivity contribution in [2.24, 2.45) is 0 Å². The van der Waals surface area contributed by atoms with Gasteiger partial charge >= 0.3 is 12.4 Å². The Morgan fingerprint density at radius 2 is 1.33 bits per heavy atom. The molecule has 0 atom stereocenters. The number of halogens is 6. The van der Waals surface area contributed by atoms with Crippen LogP contribution in [0.25, 0.3) is 10.9 Å². The number of nitrogens with zero attached hydrogens (tertiary/aromatic N) is 1. The van der Waals surface area contributed by atoms with Crippen LogP contribution in [-0.4, -0.2) is 22.4 Å². The quantitative estimate of drug-likeness (QED) is 0.570. The first-order valence-corrected chi connectivity index (χ1v) is 8.34. The van der Waals surface area contributed by atoms with E-state index in [0.29, 0.717) is 23.3 Å². The lowest BCUT2D eigenvalue weighted by Crippen LogP contribution is -2.54. The molecule has 0 radical (unpaired) electrons. The Kier molecular flexibility index (Phi) is 4.85. The summed E-state index contributed by atoms with van der Waals surface area (Å²) in [5, 5.41) is 10.7. The Morgan fingerprint density at radius 1 is 0.741 bits per heavy atom. The predicted molar refractivity (Wildman–Crippen MR) is 88.3 cm³/mol. The monoisotopic (exact) mass is 403 g/mol. The average Bonchev–Trinajstić information content (AvgIpc) is 2.59. The zero-order chi connectivity index (χ0) is 19.9. The maximum Gasteiger partial charge on any atom is 0.430 e. The molecule has 2 aromatic carbocycles. The van der Waals surface area contributed by atoms with Crippen molar-refractivity contribution in [3.8, 4) is 0 Å². The molecule has 3 aromatic rings. The van der Waals surface area contributed by atoms with Gasteiger partial charge in [0.2, 0.25) is 0 Å². The van der Waals surface area contributed by atoms with Crippen molar-refractivity contribution >= 4 is 22.7 Å². The van der Waals surface area contributed by atoms with E-state index in [-0.39, 0.29) is 5.03 Å². The molecule has 1 N–H and O–H groups in total. The molecule has 0 spiro atoms. The molecule has 0 saturated heterocycles. The third kappa shape index (κ3) is 3.49. The fourth-order valence-electron chi connectivity index (χ4n) is 2.54. The minimum Gasteiger partial charge on any atom is -0.369 e. The molecule has 0 bridgehead atoms. The minimum absolute atomic E-state index is 0.202. The molecule has 0 fully saturated rings. The van der Waals surface area contributed by atoms with Crippen LogP contribution in [0.2, 0.25) is 0 Å². The number of rotatable bonds is 3. The number of hydrogen-bond acceptors (Lipinski definition) is 3. The van der Waals surface area contributed by atoms with E-state index in [9.17, 15) is 31.4 Å². The molecule has 27 heavy (non-hydrogen) atoms. The normalized spacial score (nSPS) is 13.1. The molecule has 1 heterocycles. The van der Waals surface area contributed by atoms with Gasteiger partial charge in [0.05, 0.1) is 5.52 Å². The fraction of sp³-hybridized carbons (Fsp3) is 0.167. The number of aromatic nitrogens is 1. The van der Waals surface area contributed by atoms with Crippen LogP contribution in [0.15, 0.2) is 70.6 Å². The molecular formula is C18H11F6NOS. The summed E-state index contributed by atoms with van der Waals surface area (Å²) in [6, 6.07) is 14.1. The Bertz CT molecular complexity index is 956. The van der Waals surface area contributed by atoms with Crippen LogP contribution >= 0.6 is 11.8 Å². The van der Waals surface area contributed by atoms with Gasteiger partial charge in [-0.3, -0.25) is 0 Å². The third-order valence-electron chi connectivity index (χ3n) is 3.88. The lowest BCUT2D eigenvalue weighted by Gasteiger charge is -2.33. The van der Waals surface area contributed by atoms with Crippen molar-refractivity contribution in [1.29, 1.82) is 0 Å². The lowest BCUT2D eigenvalue weighted by atomic mass is 9.92. The smallest absolute Gasteiger partial charge is 0.369 e. The van der Waals surface area contributed by atoms with E-state index in [1.165, 1.54) is 12.1 Å². The zero-order valence-electron chi connectivity index (χ0n) is 13.3. The van der Waals surface area contributed by atoms with Crippen molar-refractivity contribution in [2.75, 3.05) is 0 Å². The SMILES string of the molecule is OC(c1ccccc1Sc1ccc2ccccc2n1)(C(F)(F)F)C(F)(F)F. The molecular weight excluding hydrogens is 392 g/mol. The van der Waals surface area contributed by atoms with E-state index < -0.39 is 28.4 Å². The molecule has 142 valence electrons. The number of benzene rings is 2. The summed E-state index contributed by atoms with van der Waals surface area (Å²) in [7, 11) is 0. The second-order valence-electron chi connectivity index (χ2n) is 5.65. The maximum atomic E-state index is 13.2. The van der Waals surface area contributed by atoms with Crippen molar-refractivity contribution < 1.29 is 31.4 Å². The van der Waals surface area contributed by atoms with E-state index in [1.807, 2.05) is 0 Å². The molecule has 0 aliphatic carbocycles. The molecule has 2 nitrogen and oxygen atoms in total. The standard InChI is InChI=1S/C18H11F6NOS/c19-17(20,21)16(26,18(22,23)24)12-6-2-4-8-14(12)27-15-10-9-11-5-1-3-7-13(11)25-15/h1-10,26H. The summed E-state index contributed by atoms with van der Waals surface area (Å²) >= 11 is 0.617. The first kappa shape index (κ1) is 19.5. The Labute approximate surface area is 153 Å². The highest BCUT2D eigenvalue weighted by Crippen LogP contribution is 2.52. The lowest BCUT2D eigenvalue weighted by molar-refractivity contribution is -0.377. The van der Waals surface area contributed by atoms with Crippen LogP contribution < -0.4 is 0 Å². The van der Waals surface area contributed by atoms with Crippen LogP contribution in [0.4, 0.5) is 26.3 Å². The van der Waals surface area contributed by atoms with Crippen LogP contribution in [0.1, 0.15) is 5.56 Å². The van der Waals surface area contributed by atoms with E-state index in [1.54, 1.807) is 30.3 Å². The molecule has 0 aliphatic rings. The number of alkyl halides is 6. The number of hydrogen-bond donors (Lipinski definition) is 1. The minimum atomic E-state index is -5.95. The van der Waals surface area contributed by atoms with Crippen LogP contribution in [0.5, 0.6) is 0 Å². The largest absolute Gasteiger partial charge is 0.430 e. The van der Waals surface area contributed by atoms with Gasteiger partial charge < -0.3 is 5.11 Å². The Hall–Kier alpha value is -2.26. The number of pyridine rings is 1. The highest BCUT2D eigenvalue weighted by molar-refractivity contribution is 7.99. The van der Waals surface area contributed by atoms with Gasteiger partial charge in [0.15, 0.2) is 0 Å².